The van der Waals surface area contributed by atoms with E-state index >= 15 is 0 Å². The maximum atomic E-state index is 11.5. The third-order valence-corrected chi connectivity index (χ3v) is 4.25. The molecule has 0 aliphatic rings. The summed E-state index contributed by atoms with van der Waals surface area (Å²) in [6.07, 6.45) is 1.71. The summed E-state index contributed by atoms with van der Waals surface area (Å²) in [5, 5.41) is 4.29. The molecule has 2 aromatic carbocycles. The summed E-state index contributed by atoms with van der Waals surface area (Å²) in [5.41, 5.74) is 2.56. The van der Waals surface area contributed by atoms with Gasteiger partial charge in [0.05, 0.1) is 11.1 Å². The number of benzene rings is 2. The van der Waals surface area contributed by atoms with E-state index in [9.17, 15) is 4.79 Å². The second-order valence-electron chi connectivity index (χ2n) is 5.87. The van der Waals surface area contributed by atoms with E-state index in [1.165, 1.54) is 6.92 Å². The third kappa shape index (κ3) is 3.91. The Morgan fingerprint density at radius 2 is 2.00 bits per heavy atom. The van der Waals surface area contributed by atoms with Gasteiger partial charge in [0.25, 0.3) is 0 Å². The monoisotopic (exact) mass is 354 g/mol. The van der Waals surface area contributed by atoms with E-state index in [2.05, 4.69) is 10.3 Å². The number of amides is 1. The molecule has 0 bridgehead atoms. The number of carbonyl (C=O) groups excluding carboxylic acids is 1. The Balaban J connectivity index is 2.05. The molecular formula is C20H19ClN2O2. The first-order chi connectivity index (χ1) is 12.1. The molecule has 0 spiro atoms. The first-order valence-electron chi connectivity index (χ1n) is 8.07. The molecule has 5 heteroatoms. The fourth-order valence-corrected chi connectivity index (χ4v) is 3.05. The van der Waals surface area contributed by atoms with Crippen molar-refractivity contribution in [1.29, 1.82) is 0 Å². The number of hydrogen-bond donors (Lipinski definition) is 1. The van der Waals surface area contributed by atoms with Crippen LogP contribution in [0.4, 0.5) is 0 Å². The first-order valence-corrected chi connectivity index (χ1v) is 8.45. The molecule has 1 N–H and O–H groups in total. The summed E-state index contributed by atoms with van der Waals surface area (Å²) in [7, 11) is 0. The highest BCUT2D eigenvalue weighted by atomic mass is 35.5. The van der Waals surface area contributed by atoms with Crippen molar-refractivity contribution in [3.63, 3.8) is 0 Å². The molecule has 0 aliphatic carbocycles. The Labute approximate surface area is 151 Å². The average molecular weight is 355 g/mol. The minimum absolute atomic E-state index is 0.112. The summed E-state index contributed by atoms with van der Waals surface area (Å²) in [5.74, 6) is 0.531. The average Bonchev–Trinajstić information content (AvgIpc) is 2.61. The van der Waals surface area contributed by atoms with Gasteiger partial charge in [0.1, 0.15) is 12.1 Å². The standard InChI is InChI=1S/C20H19ClN2O2/c1-13(23-14(2)24)17-11-18(21)16-9-6-10-22-19(16)20(17)25-12-15-7-4-3-5-8-15/h3-11,13H,12H2,1-2H3,(H,23,24). The van der Waals surface area contributed by atoms with Gasteiger partial charge in [-0.15, -0.1) is 0 Å². The minimum Gasteiger partial charge on any atom is -0.486 e. The molecule has 128 valence electrons. The van der Waals surface area contributed by atoms with E-state index in [0.717, 1.165) is 16.5 Å². The first kappa shape index (κ1) is 17.2. The third-order valence-electron chi connectivity index (χ3n) is 3.94. The van der Waals surface area contributed by atoms with E-state index in [0.29, 0.717) is 22.9 Å². The smallest absolute Gasteiger partial charge is 0.217 e. The maximum absolute atomic E-state index is 11.5. The van der Waals surface area contributed by atoms with Crippen LogP contribution in [-0.4, -0.2) is 10.9 Å². The number of pyridine rings is 1. The Kier molecular flexibility index (Phi) is 5.19. The van der Waals surface area contributed by atoms with Crippen molar-refractivity contribution in [1.82, 2.24) is 10.3 Å². The number of hydrogen-bond acceptors (Lipinski definition) is 3. The highest BCUT2D eigenvalue weighted by Crippen LogP contribution is 2.37. The van der Waals surface area contributed by atoms with Crippen molar-refractivity contribution >= 4 is 28.4 Å². The largest absolute Gasteiger partial charge is 0.486 e. The molecule has 3 rings (SSSR count). The molecule has 0 saturated heterocycles. The van der Waals surface area contributed by atoms with Crippen LogP contribution in [0.25, 0.3) is 10.9 Å². The maximum Gasteiger partial charge on any atom is 0.217 e. The fraction of sp³-hybridized carbons (Fsp3) is 0.200. The molecule has 3 aromatic rings. The number of fused-ring (bicyclic) bond motifs is 1. The van der Waals surface area contributed by atoms with E-state index in [1.807, 2.05) is 55.5 Å². The van der Waals surface area contributed by atoms with Gasteiger partial charge >= 0.3 is 0 Å². The number of nitrogens with one attached hydrogen (secondary N) is 1. The number of halogens is 1. The zero-order valence-electron chi connectivity index (χ0n) is 14.1. The summed E-state index contributed by atoms with van der Waals surface area (Å²) in [4.78, 5) is 15.9. The van der Waals surface area contributed by atoms with Gasteiger partial charge in [0.2, 0.25) is 5.91 Å². The Morgan fingerprint density at radius 1 is 1.24 bits per heavy atom. The van der Waals surface area contributed by atoms with E-state index in [4.69, 9.17) is 16.3 Å². The second-order valence-corrected chi connectivity index (χ2v) is 6.28. The van der Waals surface area contributed by atoms with Gasteiger partial charge in [-0.25, -0.2) is 0 Å². The van der Waals surface area contributed by atoms with Crippen molar-refractivity contribution in [2.45, 2.75) is 26.5 Å². The lowest BCUT2D eigenvalue weighted by molar-refractivity contribution is -0.119. The van der Waals surface area contributed by atoms with Crippen LogP contribution in [0.5, 0.6) is 5.75 Å². The van der Waals surface area contributed by atoms with Crippen molar-refractivity contribution < 1.29 is 9.53 Å². The van der Waals surface area contributed by atoms with Crippen molar-refractivity contribution in [3.05, 3.63) is 70.9 Å². The molecule has 0 fully saturated rings. The highest BCUT2D eigenvalue weighted by molar-refractivity contribution is 6.35. The highest BCUT2D eigenvalue weighted by Gasteiger charge is 2.19. The number of rotatable bonds is 5. The Morgan fingerprint density at radius 3 is 2.72 bits per heavy atom. The lowest BCUT2D eigenvalue weighted by Gasteiger charge is -2.20. The minimum atomic E-state index is -0.243. The van der Waals surface area contributed by atoms with Crippen LogP contribution in [0.3, 0.4) is 0 Å². The van der Waals surface area contributed by atoms with Crippen LogP contribution in [0.15, 0.2) is 54.7 Å². The quantitative estimate of drug-likeness (QED) is 0.724. The molecule has 25 heavy (non-hydrogen) atoms. The molecule has 1 heterocycles. The van der Waals surface area contributed by atoms with Gasteiger partial charge in [-0.1, -0.05) is 41.9 Å². The lowest BCUT2D eigenvalue weighted by Crippen LogP contribution is -2.24. The molecule has 4 nitrogen and oxygen atoms in total. The van der Waals surface area contributed by atoms with Gasteiger partial charge in [-0.05, 0) is 30.7 Å². The van der Waals surface area contributed by atoms with E-state index < -0.39 is 0 Å². The van der Waals surface area contributed by atoms with Crippen LogP contribution in [0.1, 0.15) is 31.0 Å². The van der Waals surface area contributed by atoms with Crippen LogP contribution < -0.4 is 10.1 Å². The molecule has 1 unspecified atom stereocenters. The number of carbonyl (C=O) groups is 1. The topological polar surface area (TPSA) is 51.2 Å². The zero-order chi connectivity index (χ0) is 17.8. The van der Waals surface area contributed by atoms with Crippen LogP contribution in [-0.2, 0) is 11.4 Å². The molecular weight excluding hydrogens is 336 g/mol. The van der Waals surface area contributed by atoms with Crippen molar-refractivity contribution in [3.8, 4) is 5.75 Å². The predicted octanol–water partition coefficient (Wildman–Crippen LogP) is 4.66. The summed E-state index contributed by atoms with van der Waals surface area (Å²) in [6.45, 7) is 3.80. The molecule has 0 radical (unpaired) electrons. The molecule has 1 atom stereocenters. The SMILES string of the molecule is CC(=O)NC(C)c1cc(Cl)c2cccnc2c1OCc1ccccc1. The van der Waals surface area contributed by atoms with Gasteiger partial charge in [-0.3, -0.25) is 9.78 Å². The van der Waals surface area contributed by atoms with Crippen LogP contribution in [0.2, 0.25) is 5.02 Å². The normalized spacial score (nSPS) is 12.0. The van der Waals surface area contributed by atoms with E-state index in [1.54, 1.807) is 6.20 Å². The molecule has 1 amide bonds. The van der Waals surface area contributed by atoms with Gasteiger partial charge < -0.3 is 10.1 Å². The Bertz CT molecular complexity index is 897. The van der Waals surface area contributed by atoms with Gasteiger partial charge in [0, 0.05) is 24.1 Å². The second kappa shape index (κ2) is 7.53. The van der Waals surface area contributed by atoms with Crippen molar-refractivity contribution in [2.24, 2.45) is 0 Å². The summed E-state index contributed by atoms with van der Waals surface area (Å²) < 4.78 is 6.12. The predicted molar refractivity (Wildman–Crippen MR) is 99.8 cm³/mol. The van der Waals surface area contributed by atoms with Crippen LogP contribution >= 0.6 is 11.6 Å². The molecule has 1 aromatic heterocycles. The summed E-state index contributed by atoms with van der Waals surface area (Å²) >= 11 is 6.42. The van der Waals surface area contributed by atoms with Crippen molar-refractivity contribution in [2.75, 3.05) is 0 Å². The van der Waals surface area contributed by atoms with E-state index in [-0.39, 0.29) is 11.9 Å². The van der Waals surface area contributed by atoms with Gasteiger partial charge in [0.15, 0.2) is 5.75 Å². The molecule has 0 saturated carbocycles. The van der Waals surface area contributed by atoms with Crippen LogP contribution in [0, 0.1) is 0 Å². The number of nitrogens with zero attached hydrogens (tertiary/aromatic N) is 1. The number of ether oxygens (including phenoxy) is 1. The van der Waals surface area contributed by atoms with Gasteiger partial charge in [-0.2, -0.15) is 0 Å². The zero-order valence-corrected chi connectivity index (χ0v) is 14.9. The lowest BCUT2D eigenvalue weighted by atomic mass is 10.0. The number of aromatic nitrogens is 1. The molecule has 0 aliphatic heterocycles. The Hall–Kier alpha value is -2.59. The fourth-order valence-electron chi connectivity index (χ4n) is 2.78. The summed E-state index contributed by atoms with van der Waals surface area (Å²) in [6, 6.07) is 15.3.